The SMILES string of the molecule is Fc1cccc(CO[C@H]2CCCNC2)c1Cl. The van der Waals surface area contributed by atoms with E-state index in [1.165, 1.54) is 6.07 Å². The van der Waals surface area contributed by atoms with Crippen molar-refractivity contribution in [2.24, 2.45) is 0 Å². The second-order valence-electron chi connectivity index (χ2n) is 3.99. The molecule has 1 N–H and O–H groups in total. The lowest BCUT2D eigenvalue weighted by atomic mass is 10.1. The molecule has 0 saturated carbocycles. The van der Waals surface area contributed by atoms with Gasteiger partial charge in [-0.3, -0.25) is 0 Å². The van der Waals surface area contributed by atoms with Crippen LogP contribution in [0.2, 0.25) is 5.02 Å². The maximum absolute atomic E-state index is 13.1. The van der Waals surface area contributed by atoms with Gasteiger partial charge >= 0.3 is 0 Å². The molecule has 1 aromatic carbocycles. The van der Waals surface area contributed by atoms with Gasteiger partial charge in [0.05, 0.1) is 17.7 Å². The predicted octanol–water partition coefficient (Wildman–Crippen LogP) is 2.75. The van der Waals surface area contributed by atoms with Crippen LogP contribution in [-0.4, -0.2) is 19.2 Å². The summed E-state index contributed by atoms with van der Waals surface area (Å²) in [5.41, 5.74) is 0.715. The van der Waals surface area contributed by atoms with Crippen LogP contribution in [0.1, 0.15) is 18.4 Å². The second-order valence-corrected chi connectivity index (χ2v) is 4.37. The lowest BCUT2D eigenvalue weighted by Gasteiger charge is -2.23. The summed E-state index contributed by atoms with van der Waals surface area (Å²) in [4.78, 5) is 0. The maximum atomic E-state index is 13.1. The van der Waals surface area contributed by atoms with Crippen LogP contribution in [0.25, 0.3) is 0 Å². The van der Waals surface area contributed by atoms with Crippen LogP contribution >= 0.6 is 11.6 Å². The van der Waals surface area contributed by atoms with Crippen molar-refractivity contribution in [2.75, 3.05) is 13.1 Å². The van der Waals surface area contributed by atoms with Gasteiger partial charge in [-0.25, -0.2) is 4.39 Å². The molecule has 0 unspecified atom stereocenters. The molecule has 2 rings (SSSR count). The van der Waals surface area contributed by atoms with Gasteiger partial charge < -0.3 is 10.1 Å². The molecule has 1 aromatic rings. The summed E-state index contributed by atoms with van der Waals surface area (Å²) >= 11 is 5.84. The molecule has 1 aliphatic rings. The number of ether oxygens (including phenoxy) is 1. The Hall–Kier alpha value is -0.640. The molecule has 1 heterocycles. The third kappa shape index (κ3) is 2.94. The monoisotopic (exact) mass is 243 g/mol. The molecule has 1 aliphatic heterocycles. The van der Waals surface area contributed by atoms with Gasteiger partial charge in [0.15, 0.2) is 0 Å². The summed E-state index contributed by atoms with van der Waals surface area (Å²) in [6, 6.07) is 4.80. The van der Waals surface area contributed by atoms with E-state index in [1.807, 2.05) is 0 Å². The third-order valence-corrected chi connectivity index (χ3v) is 3.18. The largest absolute Gasteiger partial charge is 0.372 e. The first kappa shape index (κ1) is 11.8. The van der Waals surface area contributed by atoms with Crippen LogP contribution in [0.5, 0.6) is 0 Å². The van der Waals surface area contributed by atoms with E-state index in [0.717, 1.165) is 25.9 Å². The summed E-state index contributed by atoms with van der Waals surface area (Å²) in [6.07, 6.45) is 2.40. The summed E-state index contributed by atoms with van der Waals surface area (Å²) < 4.78 is 18.8. The molecule has 1 saturated heterocycles. The van der Waals surface area contributed by atoms with Crippen molar-refractivity contribution in [1.29, 1.82) is 0 Å². The zero-order valence-corrected chi connectivity index (χ0v) is 9.77. The normalized spacial score (nSPS) is 21.0. The van der Waals surface area contributed by atoms with Crippen molar-refractivity contribution in [3.8, 4) is 0 Å². The number of piperidine rings is 1. The molecule has 16 heavy (non-hydrogen) atoms. The standard InChI is InChI=1S/C12H15ClFNO/c13-12-9(3-1-5-11(12)14)8-16-10-4-2-6-15-7-10/h1,3,5,10,15H,2,4,6-8H2/t10-/m0/s1. The number of hydrogen-bond acceptors (Lipinski definition) is 2. The highest BCUT2D eigenvalue weighted by molar-refractivity contribution is 6.31. The number of halogens is 2. The molecule has 0 radical (unpaired) electrons. The Balaban J connectivity index is 1.91. The fourth-order valence-electron chi connectivity index (χ4n) is 1.83. The van der Waals surface area contributed by atoms with Crippen LogP contribution in [0.4, 0.5) is 4.39 Å². The number of hydrogen-bond donors (Lipinski definition) is 1. The van der Waals surface area contributed by atoms with E-state index in [-0.39, 0.29) is 16.9 Å². The van der Waals surface area contributed by atoms with Crippen molar-refractivity contribution in [3.63, 3.8) is 0 Å². The predicted molar refractivity (Wildman–Crippen MR) is 62.1 cm³/mol. The minimum atomic E-state index is -0.385. The molecule has 88 valence electrons. The number of benzene rings is 1. The van der Waals surface area contributed by atoms with Gasteiger partial charge in [-0.15, -0.1) is 0 Å². The van der Waals surface area contributed by atoms with Gasteiger partial charge in [0.1, 0.15) is 5.82 Å². The molecule has 0 spiro atoms. The Bertz CT molecular complexity index is 353. The molecule has 2 nitrogen and oxygen atoms in total. The van der Waals surface area contributed by atoms with Crippen LogP contribution in [-0.2, 0) is 11.3 Å². The Morgan fingerprint density at radius 1 is 1.50 bits per heavy atom. The zero-order chi connectivity index (χ0) is 11.4. The van der Waals surface area contributed by atoms with Crippen LogP contribution < -0.4 is 5.32 Å². The number of nitrogens with one attached hydrogen (secondary N) is 1. The third-order valence-electron chi connectivity index (χ3n) is 2.76. The highest BCUT2D eigenvalue weighted by Crippen LogP contribution is 2.21. The smallest absolute Gasteiger partial charge is 0.142 e. The molecule has 0 bridgehead atoms. The van der Waals surface area contributed by atoms with Crippen molar-refractivity contribution in [3.05, 3.63) is 34.6 Å². The molecule has 0 aromatic heterocycles. The molecule has 4 heteroatoms. The lowest BCUT2D eigenvalue weighted by Crippen LogP contribution is -2.35. The van der Waals surface area contributed by atoms with Crippen LogP contribution in [0, 0.1) is 5.82 Å². The highest BCUT2D eigenvalue weighted by Gasteiger charge is 2.14. The second kappa shape index (κ2) is 5.62. The fraction of sp³-hybridized carbons (Fsp3) is 0.500. The topological polar surface area (TPSA) is 21.3 Å². The minimum Gasteiger partial charge on any atom is -0.372 e. The van der Waals surface area contributed by atoms with Gasteiger partial charge in [-0.1, -0.05) is 23.7 Å². The summed E-state index contributed by atoms with van der Waals surface area (Å²) in [5.74, 6) is -0.385. The number of rotatable bonds is 3. The molecular formula is C12H15ClFNO. The van der Waals surface area contributed by atoms with Gasteiger partial charge in [0, 0.05) is 6.54 Å². The lowest BCUT2D eigenvalue weighted by molar-refractivity contribution is 0.0252. The summed E-state index contributed by atoms with van der Waals surface area (Å²) in [6.45, 7) is 2.30. The Labute approximate surface area is 99.7 Å². The van der Waals surface area contributed by atoms with E-state index in [2.05, 4.69) is 5.32 Å². The quantitative estimate of drug-likeness (QED) is 0.882. The van der Waals surface area contributed by atoms with Crippen molar-refractivity contribution >= 4 is 11.6 Å². The first-order valence-corrected chi connectivity index (χ1v) is 5.90. The Kier molecular flexibility index (Phi) is 4.16. The highest BCUT2D eigenvalue weighted by atomic mass is 35.5. The van der Waals surface area contributed by atoms with Crippen molar-refractivity contribution in [1.82, 2.24) is 5.32 Å². The first-order chi connectivity index (χ1) is 7.77. The summed E-state index contributed by atoms with van der Waals surface area (Å²) in [7, 11) is 0. The fourth-order valence-corrected chi connectivity index (χ4v) is 2.01. The van der Waals surface area contributed by atoms with E-state index >= 15 is 0 Å². The van der Waals surface area contributed by atoms with Gasteiger partial charge in [0.2, 0.25) is 0 Å². The molecular weight excluding hydrogens is 229 g/mol. The van der Waals surface area contributed by atoms with Crippen LogP contribution in [0.15, 0.2) is 18.2 Å². The zero-order valence-electron chi connectivity index (χ0n) is 9.01. The van der Waals surface area contributed by atoms with Gasteiger partial charge in [0.25, 0.3) is 0 Å². The Morgan fingerprint density at radius 3 is 3.12 bits per heavy atom. The van der Waals surface area contributed by atoms with E-state index in [1.54, 1.807) is 12.1 Å². The summed E-state index contributed by atoms with van der Waals surface area (Å²) in [5, 5.41) is 3.44. The molecule has 1 atom stereocenters. The molecule has 0 aliphatic carbocycles. The minimum absolute atomic E-state index is 0.172. The maximum Gasteiger partial charge on any atom is 0.142 e. The van der Waals surface area contributed by atoms with E-state index in [9.17, 15) is 4.39 Å². The van der Waals surface area contributed by atoms with Crippen LogP contribution in [0.3, 0.4) is 0 Å². The van der Waals surface area contributed by atoms with Gasteiger partial charge in [-0.2, -0.15) is 0 Å². The first-order valence-electron chi connectivity index (χ1n) is 5.52. The molecule has 1 fully saturated rings. The van der Waals surface area contributed by atoms with Crippen molar-refractivity contribution in [2.45, 2.75) is 25.6 Å². The average Bonchev–Trinajstić information content (AvgIpc) is 2.32. The Morgan fingerprint density at radius 2 is 2.38 bits per heavy atom. The van der Waals surface area contributed by atoms with E-state index < -0.39 is 0 Å². The van der Waals surface area contributed by atoms with E-state index in [4.69, 9.17) is 16.3 Å². The van der Waals surface area contributed by atoms with Gasteiger partial charge in [-0.05, 0) is 31.0 Å². The average molecular weight is 244 g/mol. The van der Waals surface area contributed by atoms with Crippen molar-refractivity contribution < 1.29 is 9.13 Å². The molecule has 0 amide bonds. The van der Waals surface area contributed by atoms with E-state index in [0.29, 0.717) is 12.2 Å².